The molecule has 0 saturated heterocycles. The lowest BCUT2D eigenvalue weighted by molar-refractivity contribution is -0.111. The Balaban J connectivity index is 1.35. The van der Waals surface area contributed by atoms with E-state index in [4.69, 9.17) is 10.7 Å². The van der Waals surface area contributed by atoms with E-state index in [9.17, 15) is 9.59 Å². The van der Waals surface area contributed by atoms with E-state index < -0.39 is 0 Å². The zero-order valence-electron chi connectivity index (χ0n) is 22.1. The minimum absolute atomic E-state index is 0.0834. The number of anilines is 3. The van der Waals surface area contributed by atoms with Crippen LogP contribution < -0.4 is 21.9 Å². The number of nitrogen functional groups attached to an aromatic ring is 1. The molecule has 3 heterocycles. The summed E-state index contributed by atoms with van der Waals surface area (Å²) in [5.41, 5.74) is 9.48. The van der Waals surface area contributed by atoms with Crippen LogP contribution in [0.15, 0.2) is 71.0 Å². The molecule has 0 bridgehead atoms. The Kier molecular flexibility index (Phi) is 7.92. The van der Waals surface area contributed by atoms with E-state index in [1.54, 1.807) is 29.1 Å². The highest BCUT2D eigenvalue weighted by molar-refractivity contribution is 7.13. The van der Waals surface area contributed by atoms with Crippen molar-refractivity contribution in [3.63, 3.8) is 0 Å². The van der Waals surface area contributed by atoms with Crippen molar-refractivity contribution in [3.05, 3.63) is 99.2 Å². The van der Waals surface area contributed by atoms with Gasteiger partial charge in [-0.3, -0.25) is 19.5 Å². The molecule has 0 spiro atoms. The molecule has 0 radical (unpaired) electrons. The second-order valence-corrected chi connectivity index (χ2v) is 9.99. The number of benzene rings is 2. The third-order valence-corrected chi connectivity index (χ3v) is 6.97. The maximum atomic E-state index is 13.6. The van der Waals surface area contributed by atoms with Crippen molar-refractivity contribution in [2.75, 3.05) is 22.9 Å². The molecule has 0 unspecified atom stereocenters. The zero-order chi connectivity index (χ0) is 28.1. The van der Waals surface area contributed by atoms with Crippen LogP contribution in [0.1, 0.15) is 29.1 Å². The lowest BCUT2D eigenvalue weighted by atomic mass is 10.1. The first-order valence-corrected chi connectivity index (χ1v) is 13.6. The van der Waals surface area contributed by atoms with E-state index in [-0.39, 0.29) is 17.4 Å². The minimum Gasteiger partial charge on any atom is -0.369 e. The van der Waals surface area contributed by atoms with E-state index in [1.165, 1.54) is 17.4 Å². The van der Waals surface area contributed by atoms with Crippen LogP contribution >= 0.6 is 11.3 Å². The number of hydrogen-bond donors (Lipinski definition) is 3. The molecule has 2 aromatic carbocycles. The van der Waals surface area contributed by atoms with Crippen molar-refractivity contribution in [1.29, 1.82) is 0 Å². The number of nitrogens with one attached hydrogen (secondary N) is 2. The quantitative estimate of drug-likeness (QED) is 0.179. The summed E-state index contributed by atoms with van der Waals surface area (Å²) in [5.74, 6) is 1.02. The number of aromatic nitrogens is 5. The molecule has 5 aromatic rings. The van der Waals surface area contributed by atoms with Crippen LogP contribution in [0.5, 0.6) is 0 Å². The summed E-state index contributed by atoms with van der Waals surface area (Å²) >= 11 is 1.34. The van der Waals surface area contributed by atoms with Gasteiger partial charge in [-0.25, -0.2) is 15.0 Å². The number of fused-ring (bicyclic) bond motifs is 1. The molecule has 202 valence electrons. The highest BCUT2D eigenvalue weighted by Crippen LogP contribution is 2.21. The fraction of sp³-hybridized carbons (Fsp3) is 0.172. The second kappa shape index (κ2) is 11.9. The van der Waals surface area contributed by atoms with Gasteiger partial charge in [-0.05, 0) is 50.1 Å². The average Bonchev–Trinajstić information content (AvgIpc) is 3.44. The third kappa shape index (κ3) is 5.89. The van der Waals surface area contributed by atoms with Crippen LogP contribution in [-0.4, -0.2) is 37.0 Å². The summed E-state index contributed by atoms with van der Waals surface area (Å²) in [7, 11) is 0. The molecular formula is C29H28N8O2S. The lowest BCUT2D eigenvalue weighted by Crippen LogP contribution is -2.25. The number of carbonyl (C=O) groups is 1. The average molecular weight is 553 g/mol. The van der Waals surface area contributed by atoms with Crippen molar-refractivity contribution in [1.82, 2.24) is 24.5 Å². The van der Waals surface area contributed by atoms with Crippen LogP contribution in [0.4, 0.5) is 16.9 Å². The first kappa shape index (κ1) is 26.7. The maximum Gasteiger partial charge on any atom is 0.266 e. The molecule has 40 heavy (non-hydrogen) atoms. The summed E-state index contributed by atoms with van der Waals surface area (Å²) in [5, 5.41) is 8.95. The van der Waals surface area contributed by atoms with Gasteiger partial charge in [-0.2, -0.15) is 4.98 Å². The van der Waals surface area contributed by atoms with Crippen LogP contribution in [0, 0.1) is 13.8 Å². The molecule has 0 saturated carbocycles. The number of hydrogen-bond acceptors (Lipinski definition) is 9. The van der Waals surface area contributed by atoms with E-state index in [1.807, 2.05) is 55.5 Å². The van der Waals surface area contributed by atoms with Crippen molar-refractivity contribution in [2.45, 2.75) is 26.7 Å². The van der Waals surface area contributed by atoms with E-state index >= 15 is 0 Å². The minimum atomic E-state index is -0.311. The Bertz CT molecular complexity index is 1750. The first-order valence-electron chi connectivity index (χ1n) is 12.7. The fourth-order valence-electron chi connectivity index (χ4n) is 4.43. The highest BCUT2D eigenvalue weighted by atomic mass is 32.1. The summed E-state index contributed by atoms with van der Waals surface area (Å²) in [6, 6.07) is 15.3. The molecule has 3 aromatic heterocycles. The Hall–Kier alpha value is -4.90. The monoisotopic (exact) mass is 552 g/mol. The van der Waals surface area contributed by atoms with Gasteiger partial charge in [-0.1, -0.05) is 30.3 Å². The van der Waals surface area contributed by atoms with Gasteiger partial charge >= 0.3 is 0 Å². The topological polar surface area (TPSA) is 141 Å². The Morgan fingerprint density at radius 1 is 1.07 bits per heavy atom. The molecule has 0 aliphatic rings. The largest absolute Gasteiger partial charge is 0.369 e. The Labute approximate surface area is 234 Å². The van der Waals surface area contributed by atoms with Gasteiger partial charge in [0.1, 0.15) is 11.6 Å². The second-order valence-electron chi connectivity index (χ2n) is 9.09. The van der Waals surface area contributed by atoms with E-state index in [0.717, 1.165) is 11.3 Å². The molecule has 0 aliphatic heterocycles. The van der Waals surface area contributed by atoms with Gasteiger partial charge < -0.3 is 11.1 Å². The van der Waals surface area contributed by atoms with Crippen LogP contribution in [0.2, 0.25) is 0 Å². The van der Waals surface area contributed by atoms with Gasteiger partial charge in [0.2, 0.25) is 11.9 Å². The normalized spacial score (nSPS) is 11.2. The number of amides is 1. The number of aryl methyl sites for hydroxylation is 3. The van der Waals surface area contributed by atoms with Crippen molar-refractivity contribution < 1.29 is 4.79 Å². The Morgan fingerprint density at radius 2 is 1.90 bits per heavy atom. The molecule has 4 N–H and O–H groups in total. The van der Waals surface area contributed by atoms with Gasteiger partial charge in [0, 0.05) is 36.2 Å². The molecular weight excluding hydrogens is 524 g/mol. The van der Waals surface area contributed by atoms with Gasteiger partial charge in [0.15, 0.2) is 5.13 Å². The Morgan fingerprint density at radius 3 is 2.67 bits per heavy atom. The smallest absolute Gasteiger partial charge is 0.266 e. The molecule has 11 heteroatoms. The highest BCUT2D eigenvalue weighted by Gasteiger charge is 2.15. The van der Waals surface area contributed by atoms with Crippen molar-refractivity contribution in [3.8, 4) is 5.69 Å². The number of nitrogens with two attached hydrogens (primary N) is 1. The zero-order valence-corrected chi connectivity index (χ0v) is 22.9. The SMILES string of the molecule is Cc1nc(N)nc(NCCCc2nc3cccc(C)c3c(=O)n2-c2ccccc2)c1/C=C/C(=O)Nc1nccs1. The fourth-order valence-corrected chi connectivity index (χ4v) is 4.97. The number of rotatable bonds is 9. The summed E-state index contributed by atoms with van der Waals surface area (Å²) in [6.07, 6.45) is 5.89. The van der Waals surface area contributed by atoms with Crippen molar-refractivity contribution >= 4 is 51.1 Å². The third-order valence-electron chi connectivity index (χ3n) is 6.28. The molecule has 10 nitrogen and oxygen atoms in total. The molecule has 0 fully saturated rings. The number of carbonyl (C=O) groups excluding carboxylic acids is 1. The summed E-state index contributed by atoms with van der Waals surface area (Å²) < 4.78 is 1.69. The van der Waals surface area contributed by atoms with Gasteiger partial charge in [-0.15, -0.1) is 11.3 Å². The molecule has 5 rings (SSSR count). The van der Waals surface area contributed by atoms with Crippen LogP contribution in [0.25, 0.3) is 22.7 Å². The van der Waals surface area contributed by atoms with E-state index in [2.05, 4.69) is 25.6 Å². The van der Waals surface area contributed by atoms with E-state index in [0.29, 0.717) is 58.3 Å². The summed E-state index contributed by atoms with van der Waals surface area (Å²) in [6.45, 7) is 4.26. The predicted molar refractivity (Wildman–Crippen MR) is 160 cm³/mol. The maximum absolute atomic E-state index is 13.6. The lowest BCUT2D eigenvalue weighted by Gasteiger charge is -2.15. The van der Waals surface area contributed by atoms with Crippen LogP contribution in [-0.2, 0) is 11.2 Å². The van der Waals surface area contributed by atoms with Gasteiger partial charge in [0.25, 0.3) is 5.56 Å². The van der Waals surface area contributed by atoms with Crippen molar-refractivity contribution in [2.24, 2.45) is 0 Å². The van der Waals surface area contributed by atoms with Crippen LogP contribution in [0.3, 0.4) is 0 Å². The number of thiazole rings is 1. The first-order chi connectivity index (χ1) is 19.4. The molecule has 1 amide bonds. The number of para-hydroxylation sites is 1. The van der Waals surface area contributed by atoms with Gasteiger partial charge in [0.05, 0.1) is 22.3 Å². The molecule has 0 aliphatic carbocycles. The summed E-state index contributed by atoms with van der Waals surface area (Å²) in [4.78, 5) is 43.5. The standard InChI is InChI=1S/C29H28N8O2S/c1-18-8-6-11-22-25(18)27(39)37(20-9-4-3-5-10-20)23(34-22)12-7-15-31-26-21(19(2)33-28(30)36-26)13-14-24(38)35-29-32-16-17-40-29/h3-6,8-11,13-14,16-17H,7,12,15H2,1-2H3,(H,32,35,38)(H3,30,31,33,36)/b14-13+. The molecule has 0 atom stereocenters. The number of nitrogens with zero attached hydrogens (tertiary/aromatic N) is 5. The predicted octanol–water partition coefficient (Wildman–Crippen LogP) is 4.53.